The largest absolute Gasteiger partial charge is 0.497 e. The maximum atomic E-state index is 14.7. The molecular formula is C37H46N6O10S. The lowest BCUT2D eigenvalue weighted by atomic mass is 9.85. The number of pyridine rings is 1. The highest BCUT2D eigenvalue weighted by atomic mass is 32.2. The van der Waals surface area contributed by atoms with Gasteiger partial charge in [0.2, 0.25) is 11.8 Å². The molecule has 17 heteroatoms. The van der Waals surface area contributed by atoms with Crippen LogP contribution in [0.15, 0.2) is 67.3 Å². The molecule has 3 N–H and O–H groups in total. The summed E-state index contributed by atoms with van der Waals surface area (Å²) in [4.78, 5) is 65.9. The van der Waals surface area contributed by atoms with Gasteiger partial charge in [0.25, 0.3) is 5.91 Å². The van der Waals surface area contributed by atoms with Crippen molar-refractivity contribution in [3.05, 3.63) is 67.3 Å². The average molecular weight is 767 g/mol. The second-order valence-corrected chi connectivity index (χ2v) is 15.8. The molecule has 290 valence electrons. The maximum absolute atomic E-state index is 14.7. The van der Waals surface area contributed by atoms with Crippen LogP contribution in [0.5, 0.6) is 11.5 Å². The zero-order valence-electron chi connectivity index (χ0n) is 31.2. The lowest BCUT2D eigenvalue weighted by Gasteiger charge is -2.37. The van der Waals surface area contributed by atoms with E-state index in [1.165, 1.54) is 18.1 Å². The van der Waals surface area contributed by atoms with Gasteiger partial charge in [0.05, 0.1) is 32.5 Å². The molecule has 0 radical (unpaired) electrons. The van der Waals surface area contributed by atoms with E-state index in [0.717, 1.165) is 19.7 Å². The fraction of sp³-hybridized carbons (Fsp3) is 0.432. The number of fused-ring (bicyclic) bond motifs is 1. The number of benzene rings is 2. The topological polar surface area (TPSA) is 195 Å². The summed E-state index contributed by atoms with van der Waals surface area (Å²) in [6.07, 6.45) is -0.113. The van der Waals surface area contributed by atoms with Crippen LogP contribution in [0.25, 0.3) is 22.2 Å². The molecule has 0 bridgehead atoms. The molecule has 2 unspecified atom stereocenters. The minimum Gasteiger partial charge on any atom is -0.497 e. The number of carbonyl (C=O) groups excluding carboxylic acids is 4. The van der Waals surface area contributed by atoms with Crippen molar-refractivity contribution in [2.45, 2.75) is 63.9 Å². The molecule has 4 amide bonds. The first-order valence-corrected chi connectivity index (χ1v) is 18.6. The van der Waals surface area contributed by atoms with E-state index in [1.54, 1.807) is 52.1 Å². The highest BCUT2D eigenvalue weighted by Crippen LogP contribution is 2.45. The molecule has 1 saturated heterocycles. The quantitative estimate of drug-likeness (QED) is 0.171. The number of alkyl carbamates (subject to hydrolysis) is 1. The zero-order chi connectivity index (χ0) is 39.6. The van der Waals surface area contributed by atoms with Crippen molar-refractivity contribution < 1.29 is 46.6 Å². The number of amides is 4. The molecule has 2 heterocycles. The van der Waals surface area contributed by atoms with Crippen molar-refractivity contribution in [1.29, 1.82) is 0 Å². The summed E-state index contributed by atoms with van der Waals surface area (Å²) in [6, 6.07) is 14.1. The lowest BCUT2D eigenvalue weighted by molar-refractivity contribution is -0.149. The summed E-state index contributed by atoms with van der Waals surface area (Å²) >= 11 is 0. The number of aromatic nitrogens is 1. The van der Waals surface area contributed by atoms with Crippen molar-refractivity contribution in [3.8, 4) is 22.8 Å². The van der Waals surface area contributed by atoms with Crippen LogP contribution in [-0.4, -0.2) is 98.8 Å². The van der Waals surface area contributed by atoms with E-state index in [1.807, 2.05) is 35.1 Å². The summed E-state index contributed by atoms with van der Waals surface area (Å²) in [5.41, 5.74) is -0.591. The number of nitrogens with one attached hydrogen (secondary N) is 3. The third-order valence-electron chi connectivity index (χ3n) is 9.63. The van der Waals surface area contributed by atoms with Crippen molar-refractivity contribution in [2.75, 3.05) is 28.4 Å². The molecule has 2 fully saturated rings. The van der Waals surface area contributed by atoms with Crippen LogP contribution in [-0.2, 0) is 34.2 Å². The predicted octanol–water partition coefficient (Wildman–Crippen LogP) is 3.29. The lowest BCUT2D eigenvalue weighted by Crippen LogP contribution is -2.62. The zero-order valence-corrected chi connectivity index (χ0v) is 32.1. The van der Waals surface area contributed by atoms with Gasteiger partial charge in [0.15, 0.2) is 6.23 Å². The molecule has 1 aliphatic carbocycles. The second-order valence-electron chi connectivity index (χ2n) is 14.1. The highest BCUT2D eigenvalue weighted by molar-refractivity contribution is 7.87. The van der Waals surface area contributed by atoms with Gasteiger partial charge in [-0.1, -0.05) is 61.6 Å². The third kappa shape index (κ3) is 8.12. The number of hydroxylamine groups is 1. The first kappa shape index (κ1) is 39.9. The number of nitrogens with zero attached hydrogens (tertiary/aromatic N) is 3. The fourth-order valence-electron chi connectivity index (χ4n) is 6.43. The van der Waals surface area contributed by atoms with Gasteiger partial charge in [0.1, 0.15) is 29.1 Å². The smallest absolute Gasteiger partial charge is 0.407 e. The monoisotopic (exact) mass is 766 g/mol. The minimum absolute atomic E-state index is 0.0596. The molecule has 5 atom stereocenters. The van der Waals surface area contributed by atoms with Crippen LogP contribution in [0, 0.1) is 11.3 Å². The number of methoxy groups -OCH3 is 2. The summed E-state index contributed by atoms with van der Waals surface area (Å²) in [5.74, 6) is -2.04. The van der Waals surface area contributed by atoms with E-state index in [-0.39, 0.29) is 19.3 Å². The van der Waals surface area contributed by atoms with Gasteiger partial charge in [-0.2, -0.15) is 8.42 Å². The second kappa shape index (κ2) is 15.6. The van der Waals surface area contributed by atoms with Crippen LogP contribution < -0.4 is 24.8 Å². The molecule has 1 aromatic heterocycles. The number of likely N-dealkylation sites (tertiary alicyclic amines) is 1. The first-order chi connectivity index (χ1) is 25.5. The molecule has 16 nitrogen and oxygen atoms in total. The van der Waals surface area contributed by atoms with Gasteiger partial charge >= 0.3 is 16.3 Å². The molecule has 1 saturated carbocycles. The first-order valence-electron chi connectivity index (χ1n) is 17.2. The Labute approximate surface area is 314 Å². The van der Waals surface area contributed by atoms with E-state index in [9.17, 15) is 27.6 Å². The molecule has 0 spiro atoms. The van der Waals surface area contributed by atoms with Crippen LogP contribution >= 0.6 is 0 Å². The SMILES string of the molecule is C=CC1CC1(NC(=O)[C@@H]1CC[C@@H](Oc2cc(-c3ccccc3)nc3cc(OC)ccc23)N1C(=O)[C@H](NC(=O)OC)C(C)(C)C)C(=O)NS(=O)(=O)N(C)OC. The molecule has 54 heavy (non-hydrogen) atoms. The summed E-state index contributed by atoms with van der Waals surface area (Å²) in [6.45, 7) is 8.98. The van der Waals surface area contributed by atoms with Gasteiger partial charge in [-0.25, -0.2) is 14.5 Å². The summed E-state index contributed by atoms with van der Waals surface area (Å²) in [5, 5.41) is 5.95. The summed E-state index contributed by atoms with van der Waals surface area (Å²) in [7, 11) is 0.512. The van der Waals surface area contributed by atoms with E-state index in [2.05, 4.69) is 17.2 Å². The Kier molecular flexibility index (Phi) is 11.5. The van der Waals surface area contributed by atoms with Crippen LogP contribution in [0.4, 0.5) is 4.79 Å². The van der Waals surface area contributed by atoms with Crippen molar-refractivity contribution in [2.24, 2.45) is 11.3 Å². The normalized spacial score (nSPS) is 21.6. The number of ether oxygens (including phenoxy) is 3. The van der Waals surface area contributed by atoms with Gasteiger partial charge in [-0.3, -0.25) is 24.1 Å². The number of carbonyl (C=O) groups is 4. The Hall–Kier alpha value is -5.26. The Morgan fingerprint density at radius 3 is 2.35 bits per heavy atom. The fourth-order valence-corrected chi connectivity index (χ4v) is 7.18. The third-order valence-corrected chi connectivity index (χ3v) is 10.9. The Balaban J connectivity index is 1.55. The van der Waals surface area contributed by atoms with Crippen LogP contribution in [0.2, 0.25) is 0 Å². The van der Waals surface area contributed by atoms with E-state index < -0.39 is 69.2 Å². The van der Waals surface area contributed by atoms with Gasteiger partial charge in [-0.05, 0) is 30.4 Å². The van der Waals surface area contributed by atoms with Crippen molar-refractivity contribution in [3.63, 3.8) is 0 Å². The van der Waals surface area contributed by atoms with E-state index in [4.69, 9.17) is 24.0 Å². The molecule has 2 aliphatic rings. The van der Waals surface area contributed by atoms with E-state index >= 15 is 0 Å². The van der Waals surface area contributed by atoms with E-state index in [0.29, 0.717) is 32.6 Å². The molecule has 3 aromatic rings. The minimum atomic E-state index is -4.42. The van der Waals surface area contributed by atoms with Crippen molar-refractivity contribution in [1.82, 2.24) is 29.7 Å². The summed E-state index contributed by atoms with van der Waals surface area (Å²) < 4.78 is 44.7. The Morgan fingerprint density at radius 2 is 1.76 bits per heavy atom. The highest BCUT2D eigenvalue weighted by Gasteiger charge is 2.62. The standard InChI is InChI=1S/C37H46N6O10S/c1-9-23-21-37(23,34(46)41-54(48,49)42(5)52-8)40-32(44)28-17-18-30(43(28)33(45)31(36(2,3)4)39-35(47)51-7)53-29-20-26(22-13-11-10-12-14-22)38-27-19-24(50-6)15-16-25(27)29/h9-16,19-20,23,28,30-31H,1,17-18,21H2,2-8H3,(H,39,47)(H,40,44)(H,41,46)/t23?,28-,30+,31-,37?/m0/s1. The maximum Gasteiger partial charge on any atom is 0.407 e. The Bertz CT molecular complexity index is 2040. The number of hydrogen-bond acceptors (Lipinski definition) is 11. The van der Waals surface area contributed by atoms with Crippen LogP contribution in [0.1, 0.15) is 40.0 Å². The van der Waals surface area contributed by atoms with Crippen molar-refractivity contribution >= 4 is 44.9 Å². The van der Waals surface area contributed by atoms with Gasteiger partial charge in [-0.15, -0.1) is 6.58 Å². The van der Waals surface area contributed by atoms with Gasteiger partial charge < -0.3 is 24.8 Å². The molecular weight excluding hydrogens is 721 g/mol. The predicted molar refractivity (Wildman–Crippen MR) is 198 cm³/mol. The average Bonchev–Trinajstić information content (AvgIpc) is 3.71. The Morgan fingerprint density at radius 1 is 1.06 bits per heavy atom. The number of rotatable bonds is 13. The molecule has 5 rings (SSSR count). The van der Waals surface area contributed by atoms with Gasteiger partial charge in [0, 0.05) is 42.5 Å². The molecule has 1 aliphatic heterocycles. The van der Waals surface area contributed by atoms with Crippen LogP contribution in [0.3, 0.4) is 0 Å². The molecule has 2 aromatic carbocycles. The number of hydrogen-bond donors (Lipinski definition) is 3.